The van der Waals surface area contributed by atoms with Gasteiger partial charge in [-0.1, -0.05) is 0 Å². The maximum absolute atomic E-state index is 14.3. The van der Waals surface area contributed by atoms with Crippen LogP contribution >= 0.6 is 0 Å². The van der Waals surface area contributed by atoms with Gasteiger partial charge in [0, 0.05) is 30.8 Å². The standard InChI is InChI=1S/C17H23FN4O2/c1-19-13-6-8-22(10-15(13)23)7-5-11-12(18)9-20-14-3-4-16(24-2)21-17(11)14/h3-4,9,13,15,19,23H,5-8,10H2,1-2H3/t13?,15-/m0/s1. The molecular formula is C17H23FN4O2. The molecule has 130 valence electrons. The first-order valence-corrected chi connectivity index (χ1v) is 8.18. The van der Waals surface area contributed by atoms with Gasteiger partial charge in [-0.15, -0.1) is 0 Å². The van der Waals surface area contributed by atoms with Crippen LogP contribution in [0.2, 0.25) is 0 Å². The summed E-state index contributed by atoms with van der Waals surface area (Å²) in [4.78, 5) is 10.6. The normalized spacial score (nSPS) is 22.0. The van der Waals surface area contributed by atoms with E-state index in [4.69, 9.17) is 4.74 Å². The summed E-state index contributed by atoms with van der Waals surface area (Å²) in [6.45, 7) is 2.14. The van der Waals surface area contributed by atoms with Crippen molar-refractivity contribution in [3.05, 3.63) is 29.7 Å². The van der Waals surface area contributed by atoms with Crippen molar-refractivity contribution in [1.82, 2.24) is 20.2 Å². The maximum atomic E-state index is 14.3. The molecule has 2 aromatic rings. The van der Waals surface area contributed by atoms with Gasteiger partial charge in [0.15, 0.2) is 0 Å². The molecule has 2 N–H and O–H groups in total. The molecule has 1 fully saturated rings. The summed E-state index contributed by atoms with van der Waals surface area (Å²) >= 11 is 0. The van der Waals surface area contributed by atoms with Crippen molar-refractivity contribution in [3.63, 3.8) is 0 Å². The number of aromatic nitrogens is 2. The summed E-state index contributed by atoms with van der Waals surface area (Å²) in [5.74, 6) is 0.0929. The average Bonchev–Trinajstić information content (AvgIpc) is 2.60. The van der Waals surface area contributed by atoms with E-state index in [-0.39, 0.29) is 11.9 Å². The molecule has 3 rings (SSSR count). The number of likely N-dealkylation sites (tertiary alicyclic amines) is 1. The molecule has 1 aliphatic rings. The number of hydrogen-bond donors (Lipinski definition) is 2. The van der Waals surface area contributed by atoms with Gasteiger partial charge in [0.05, 0.1) is 30.4 Å². The highest BCUT2D eigenvalue weighted by atomic mass is 19.1. The monoisotopic (exact) mass is 334 g/mol. The minimum Gasteiger partial charge on any atom is -0.481 e. The highest BCUT2D eigenvalue weighted by Gasteiger charge is 2.26. The van der Waals surface area contributed by atoms with E-state index in [1.807, 2.05) is 7.05 Å². The summed E-state index contributed by atoms with van der Waals surface area (Å²) in [5, 5.41) is 13.2. The Bertz CT molecular complexity index is 712. The van der Waals surface area contributed by atoms with E-state index < -0.39 is 6.10 Å². The van der Waals surface area contributed by atoms with Gasteiger partial charge in [-0.05, 0) is 32.5 Å². The van der Waals surface area contributed by atoms with Gasteiger partial charge in [-0.3, -0.25) is 4.98 Å². The number of nitrogens with zero attached hydrogens (tertiary/aromatic N) is 3. The molecule has 1 saturated heterocycles. The Kier molecular flexibility index (Phi) is 5.23. The molecule has 0 spiro atoms. The minimum atomic E-state index is -0.402. The maximum Gasteiger partial charge on any atom is 0.213 e. The quantitative estimate of drug-likeness (QED) is 0.849. The van der Waals surface area contributed by atoms with E-state index in [2.05, 4.69) is 20.2 Å². The van der Waals surface area contributed by atoms with Gasteiger partial charge in [0.2, 0.25) is 5.88 Å². The fraction of sp³-hybridized carbons (Fsp3) is 0.529. The number of methoxy groups -OCH3 is 1. The van der Waals surface area contributed by atoms with Gasteiger partial charge in [-0.2, -0.15) is 0 Å². The van der Waals surface area contributed by atoms with Crippen molar-refractivity contribution in [2.45, 2.75) is 25.0 Å². The first-order valence-electron chi connectivity index (χ1n) is 8.18. The highest BCUT2D eigenvalue weighted by Crippen LogP contribution is 2.22. The number of pyridine rings is 2. The third kappa shape index (κ3) is 3.48. The van der Waals surface area contributed by atoms with Crippen LogP contribution in [-0.2, 0) is 6.42 Å². The number of ether oxygens (including phenoxy) is 1. The molecule has 2 atom stereocenters. The van der Waals surface area contributed by atoms with Crippen molar-refractivity contribution < 1.29 is 14.2 Å². The van der Waals surface area contributed by atoms with Gasteiger partial charge in [0.25, 0.3) is 0 Å². The Hall–Kier alpha value is -1.83. The molecular weight excluding hydrogens is 311 g/mol. The number of aliphatic hydroxyl groups excluding tert-OH is 1. The predicted molar refractivity (Wildman–Crippen MR) is 89.7 cm³/mol. The third-order valence-electron chi connectivity index (χ3n) is 4.66. The lowest BCUT2D eigenvalue weighted by Gasteiger charge is -2.35. The van der Waals surface area contributed by atoms with Crippen LogP contribution in [0.15, 0.2) is 18.3 Å². The summed E-state index contributed by atoms with van der Waals surface area (Å²) in [7, 11) is 3.40. The fourth-order valence-corrected chi connectivity index (χ4v) is 3.24. The average molecular weight is 334 g/mol. The Balaban J connectivity index is 1.76. The van der Waals surface area contributed by atoms with E-state index in [0.717, 1.165) is 13.0 Å². The van der Waals surface area contributed by atoms with Crippen LogP contribution in [0, 0.1) is 5.82 Å². The van der Waals surface area contributed by atoms with Crippen molar-refractivity contribution in [3.8, 4) is 5.88 Å². The number of rotatable bonds is 5. The Morgan fingerprint density at radius 1 is 1.46 bits per heavy atom. The van der Waals surface area contributed by atoms with Crippen LogP contribution in [0.25, 0.3) is 11.0 Å². The lowest BCUT2D eigenvalue weighted by Crippen LogP contribution is -2.52. The first-order chi connectivity index (χ1) is 11.6. The van der Waals surface area contributed by atoms with Crippen molar-refractivity contribution >= 4 is 11.0 Å². The van der Waals surface area contributed by atoms with E-state index in [1.54, 1.807) is 12.1 Å². The predicted octanol–water partition coefficient (Wildman–Crippen LogP) is 0.975. The number of β-amino-alcohol motifs (C(OH)–C–C–N with tert-alkyl or cyclic N) is 1. The molecule has 7 heteroatoms. The summed E-state index contributed by atoms with van der Waals surface area (Å²) in [5.41, 5.74) is 1.74. The Morgan fingerprint density at radius 3 is 3.00 bits per heavy atom. The van der Waals surface area contributed by atoms with Crippen molar-refractivity contribution in [2.24, 2.45) is 0 Å². The first kappa shape index (κ1) is 17.0. The number of piperidine rings is 1. The molecule has 24 heavy (non-hydrogen) atoms. The summed E-state index contributed by atoms with van der Waals surface area (Å²) in [6, 6.07) is 3.63. The van der Waals surface area contributed by atoms with Crippen LogP contribution in [-0.4, -0.2) is 65.9 Å². The second-order valence-electron chi connectivity index (χ2n) is 6.11. The zero-order valence-corrected chi connectivity index (χ0v) is 14.0. The van der Waals surface area contributed by atoms with Crippen LogP contribution < -0.4 is 10.1 Å². The van der Waals surface area contributed by atoms with E-state index in [0.29, 0.717) is 42.0 Å². The highest BCUT2D eigenvalue weighted by molar-refractivity contribution is 5.78. The van der Waals surface area contributed by atoms with Crippen molar-refractivity contribution in [1.29, 1.82) is 0 Å². The van der Waals surface area contributed by atoms with Crippen LogP contribution in [0.5, 0.6) is 5.88 Å². The smallest absolute Gasteiger partial charge is 0.213 e. The minimum absolute atomic E-state index is 0.130. The second-order valence-corrected chi connectivity index (χ2v) is 6.11. The van der Waals surface area contributed by atoms with Gasteiger partial charge in [0.1, 0.15) is 5.82 Å². The molecule has 6 nitrogen and oxygen atoms in total. The Morgan fingerprint density at radius 2 is 2.29 bits per heavy atom. The zero-order chi connectivity index (χ0) is 17.1. The number of fused-ring (bicyclic) bond motifs is 1. The van der Waals surface area contributed by atoms with E-state index >= 15 is 0 Å². The molecule has 0 radical (unpaired) electrons. The summed E-state index contributed by atoms with van der Waals surface area (Å²) < 4.78 is 19.4. The molecule has 0 saturated carbocycles. The zero-order valence-electron chi connectivity index (χ0n) is 14.0. The van der Waals surface area contributed by atoms with E-state index in [1.165, 1.54) is 13.3 Å². The molecule has 0 bridgehead atoms. The number of halogens is 1. The van der Waals surface area contributed by atoms with Gasteiger partial charge < -0.3 is 20.1 Å². The third-order valence-corrected chi connectivity index (χ3v) is 4.66. The van der Waals surface area contributed by atoms with Gasteiger partial charge in [-0.25, -0.2) is 9.37 Å². The molecule has 3 heterocycles. The van der Waals surface area contributed by atoms with Crippen LogP contribution in [0.1, 0.15) is 12.0 Å². The number of likely N-dealkylation sites (N-methyl/N-ethyl adjacent to an activating group) is 1. The van der Waals surface area contributed by atoms with E-state index in [9.17, 15) is 9.50 Å². The topological polar surface area (TPSA) is 70.5 Å². The molecule has 0 amide bonds. The molecule has 1 unspecified atom stereocenters. The Labute approximate surface area is 140 Å². The van der Waals surface area contributed by atoms with Crippen molar-refractivity contribution in [2.75, 3.05) is 33.8 Å². The molecule has 0 aromatic carbocycles. The molecule has 0 aliphatic carbocycles. The number of hydrogen-bond acceptors (Lipinski definition) is 6. The second kappa shape index (κ2) is 7.38. The molecule has 1 aliphatic heterocycles. The molecule has 2 aromatic heterocycles. The van der Waals surface area contributed by atoms with Crippen LogP contribution in [0.3, 0.4) is 0 Å². The lowest BCUT2D eigenvalue weighted by molar-refractivity contribution is 0.0437. The number of nitrogens with one attached hydrogen (secondary N) is 1. The summed E-state index contributed by atoms with van der Waals surface area (Å²) in [6.07, 6.45) is 2.24. The van der Waals surface area contributed by atoms with Crippen LogP contribution in [0.4, 0.5) is 4.39 Å². The van der Waals surface area contributed by atoms with Gasteiger partial charge >= 0.3 is 0 Å². The SMILES string of the molecule is CNC1CCN(CCc2c(F)cnc3ccc(OC)nc23)C[C@@H]1O. The fourth-order valence-electron chi connectivity index (χ4n) is 3.24. The number of aliphatic hydroxyl groups is 1. The largest absolute Gasteiger partial charge is 0.481 e. The lowest BCUT2D eigenvalue weighted by atomic mass is 10.0.